The summed E-state index contributed by atoms with van der Waals surface area (Å²) in [6.45, 7) is 9.13. The smallest absolute Gasteiger partial charge is 0.274 e. The molecule has 0 spiro atoms. The van der Waals surface area contributed by atoms with Gasteiger partial charge in [0.25, 0.3) is 5.69 Å². The van der Waals surface area contributed by atoms with Crippen LogP contribution in [0.4, 0.5) is 5.69 Å². The highest BCUT2D eigenvalue weighted by molar-refractivity contribution is 8.23. The van der Waals surface area contributed by atoms with Crippen molar-refractivity contribution in [3.8, 4) is 0 Å². The van der Waals surface area contributed by atoms with Gasteiger partial charge in [-0.1, -0.05) is 43.5 Å². The molecule has 0 unspecified atom stereocenters. The summed E-state index contributed by atoms with van der Waals surface area (Å²) in [6.07, 6.45) is -1.71. The van der Waals surface area contributed by atoms with Gasteiger partial charge in [0, 0.05) is 27.2 Å². The van der Waals surface area contributed by atoms with Crippen LogP contribution < -0.4 is 0 Å². The first-order valence-electron chi connectivity index (χ1n) is 11.1. The highest BCUT2D eigenvalue weighted by Crippen LogP contribution is 2.51. The van der Waals surface area contributed by atoms with Crippen LogP contribution in [0.25, 0.3) is 0 Å². The van der Waals surface area contributed by atoms with Crippen molar-refractivity contribution in [3.63, 3.8) is 0 Å². The van der Waals surface area contributed by atoms with E-state index in [1.807, 2.05) is 6.92 Å². The number of carbonyl (C=O) groups is 1. The molecule has 34 heavy (non-hydrogen) atoms. The van der Waals surface area contributed by atoms with Gasteiger partial charge < -0.3 is 28.5 Å². The monoisotopic (exact) mass is 529 g/mol. The number of aldehydes is 1. The third kappa shape index (κ3) is 6.42. The minimum Gasteiger partial charge on any atom is -0.471 e. The summed E-state index contributed by atoms with van der Waals surface area (Å²) in [5.41, 5.74) is 0.374. The Kier molecular flexibility index (Phi) is 9.23. The zero-order valence-corrected chi connectivity index (χ0v) is 22.4. The fourth-order valence-corrected chi connectivity index (χ4v) is 6.40. The topological polar surface area (TPSA) is 106 Å². The molecule has 2 saturated heterocycles. The van der Waals surface area contributed by atoms with Gasteiger partial charge in [-0.25, -0.2) is 0 Å². The Labute approximate surface area is 210 Å². The first-order chi connectivity index (χ1) is 16.1. The van der Waals surface area contributed by atoms with Gasteiger partial charge in [-0.3, -0.25) is 10.1 Å². The van der Waals surface area contributed by atoms with Crippen LogP contribution in [0.2, 0.25) is 25.7 Å². The average molecular weight is 530 g/mol. The highest BCUT2D eigenvalue weighted by atomic mass is 32.2. The number of para-hydroxylation sites is 1. The molecule has 2 aliphatic heterocycles. The maximum atomic E-state index is 11.5. The molecule has 188 valence electrons. The number of nitrogens with zero attached hydrogens (tertiary/aromatic N) is 1. The quantitative estimate of drug-likeness (QED) is 0.0740. The lowest BCUT2D eigenvalue weighted by molar-refractivity contribution is -0.386. The molecule has 0 N–H and O–H groups in total. The maximum Gasteiger partial charge on any atom is 0.274 e. The van der Waals surface area contributed by atoms with E-state index in [1.165, 1.54) is 17.8 Å². The zero-order chi connectivity index (χ0) is 24.9. The Morgan fingerprint density at radius 1 is 1.29 bits per heavy atom. The van der Waals surface area contributed by atoms with Crippen LogP contribution in [0.3, 0.4) is 0 Å². The van der Waals surface area contributed by atoms with Crippen molar-refractivity contribution in [1.82, 2.24) is 0 Å². The Morgan fingerprint density at radius 2 is 2.03 bits per heavy atom. The van der Waals surface area contributed by atoms with Crippen LogP contribution in [0.1, 0.15) is 18.9 Å². The summed E-state index contributed by atoms with van der Waals surface area (Å²) in [4.78, 5) is 22.5. The molecule has 0 aromatic heterocycles. The summed E-state index contributed by atoms with van der Waals surface area (Å²) < 4.78 is 29.5. The van der Waals surface area contributed by atoms with Gasteiger partial charge in [0.1, 0.15) is 25.3 Å². The molecule has 3 rings (SSSR count). The Bertz CT molecular complexity index is 898. The van der Waals surface area contributed by atoms with Crippen molar-refractivity contribution in [3.05, 3.63) is 39.9 Å². The number of carbonyl (C=O) groups excluding carboxylic acids is 1. The molecule has 2 heterocycles. The Balaban J connectivity index is 1.77. The maximum absolute atomic E-state index is 11.5. The molecule has 0 saturated carbocycles. The number of benzene rings is 1. The van der Waals surface area contributed by atoms with Crippen LogP contribution in [0, 0.1) is 10.1 Å². The van der Waals surface area contributed by atoms with E-state index in [1.54, 1.807) is 18.2 Å². The second-order valence-corrected chi connectivity index (χ2v) is 17.1. The molecular formula is C22H31NO8S2Si. The van der Waals surface area contributed by atoms with Crippen molar-refractivity contribution in [1.29, 1.82) is 0 Å². The van der Waals surface area contributed by atoms with E-state index in [4.69, 9.17) is 35.9 Å². The number of thiocarbonyl (C=S) groups is 1. The van der Waals surface area contributed by atoms with Crippen molar-refractivity contribution >= 4 is 48.4 Å². The third-order valence-corrected chi connectivity index (χ3v) is 9.33. The molecule has 5 atom stereocenters. The number of rotatable bonds is 12. The van der Waals surface area contributed by atoms with Crippen molar-refractivity contribution in [2.75, 3.05) is 13.4 Å². The number of hydrogen-bond donors (Lipinski definition) is 0. The largest absolute Gasteiger partial charge is 0.471 e. The predicted octanol–water partition coefficient (Wildman–Crippen LogP) is 4.30. The predicted molar refractivity (Wildman–Crippen MR) is 135 cm³/mol. The summed E-state index contributed by atoms with van der Waals surface area (Å²) in [7, 11) is -1.26. The molecule has 2 aliphatic rings. The Hall–Kier alpha value is -1.41. The van der Waals surface area contributed by atoms with Crippen molar-refractivity contribution in [2.45, 2.75) is 75.0 Å². The van der Waals surface area contributed by atoms with Gasteiger partial charge in [0.15, 0.2) is 6.29 Å². The fourth-order valence-electron chi connectivity index (χ4n) is 3.94. The third-order valence-electron chi connectivity index (χ3n) is 5.91. The minimum absolute atomic E-state index is 0.00725. The lowest BCUT2D eigenvalue weighted by Crippen LogP contribution is -2.63. The summed E-state index contributed by atoms with van der Waals surface area (Å²) in [5.74, 6) is 0. The van der Waals surface area contributed by atoms with Crippen molar-refractivity contribution < 1.29 is 33.4 Å². The molecule has 1 aromatic carbocycles. The second kappa shape index (κ2) is 11.5. The molecular weight excluding hydrogens is 498 g/mol. The van der Waals surface area contributed by atoms with Crippen LogP contribution in [-0.4, -0.2) is 66.4 Å². The van der Waals surface area contributed by atoms with Gasteiger partial charge >= 0.3 is 0 Å². The molecule has 0 aliphatic carbocycles. The molecule has 9 nitrogen and oxygen atoms in total. The molecule has 1 aromatic rings. The zero-order valence-electron chi connectivity index (χ0n) is 19.8. The van der Waals surface area contributed by atoms with Crippen LogP contribution in [-0.2, 0) is 35.1 Å². The second-order valence-electron chi connectivity index (χ2n) is 9.53. The molecule has 0 amide bonds. The molecule has 2 fully saturated rings. The van der Waals surface area contributed by atoms with E-state index < -0.39 is 42.3 Å². The lowest BCUT2D eigenvalue weighted by atomic mass is 9.86. The van der Waals surface area contributed by atoms with Gasteiger partial charge in [-0.05, 0) is 31.3 Å². The van der Waals surface area contributed by atoms with Crippen LogP contribution >= 0.6 is 24.0 Å². The molecule has 0 radical (unpaired) electrons. The summed E-state index contributed by atoms with van der Waals surface area (Å²) in [5, 5.41) is 11.4. The SMILES string of the molecule is C[C@H]1O[C@@H](OCc2ccccc2[N+](=O)[O-])[C@H](OCOCC[Si](C)(C)C)[C@H]2OC(=S)S[C@]21CC=O. The van der Waals surface area contributed by atoms with Crippen LogP contribution in [0.15, 0.2) is 24.3 Å². The molecule has 12 heteroatoms. The first-order valence-corrected chi connectivity index (χ1v) is 16.0. The fraction of sp³-hybridized carbons (Fsp3) is 0.636. The number of nitro benzene ring substituents is 1. The normalized spacial score (nSPS) is 28.9. The van der Waals surface area contributed by atoms with Gasteiger partial charge in [-0.15, -0.1) is 0 Å². The number of hydrogen-bond acceptors (Lipinski definition) is 10. The van der Waals surface area contributed by atoms with Gasteiger partial charge in [0.05, 0.1) is 27.9 Å². The number of nitro groups is 1. The van der Waals surface area contributed by atoms with E-state index in [9.17, 15) is 14.9 Å². The number of ether oxygens (including phenoxy) is 5. The Morgan fingerprint density at radius 3 is 2.71 bits per heavy atom. The molecule has 0 bridgehead atoms. The number of thioether (sulfide) groups is 1. The van der Waals surface area contributed by atoms with E-state index >= 15 is 0 Å². The number of fused-ring (bicyclic) bond motifs is 1. The van der Waals surface area contributed by atoms with E-state index in [-0.39, 0.29) is 25.5 Å². The minimum atomic E-state index is -1.26. The summed E-state index contributed by atoms with van der Waals surface area (Å²) >= 11 is 6.61. The lowest BCUT2D eigenvalue weighted by Gasteiger charge is -2.47. The van der Waals surface area contributed by atoms with Gasteiger partial charge in [-0.2, -0.15) is 0 Å². The highest BCUT2D eigenvalue weighted by Gasteiger charge is 2.62. The van der Waals surface area contributed by atoms with E-state index in [0.29, 0.717) is 16.6 Å². The van der Waals surface area contributed by atoms with Crippen molar-refractivity contribution in [2.24, 2.45) is 0 Å². The first kappa shape index (κ1) is 27.2. The standard InChI is InChI=1S/C22H31NO8S2Si/c1-15-22(9-10-24)19(31-21(32)33-22)18(29-14-27-11-12-34(2,3)4)20(30-15)28-13-16-7-5-6-8-17(16)23(25)26/h5-8,10,15,18-20H,9,11-14H2,1-4H3/t15-,18-,19-,20-,22+/m1/s1. The van der Waals surface area contributed by atoms with Gasteiger partial charge in [0.2, 0.25) is 4.38 Å². The van der Waals surface area contributed by atoms with E-state index in [2.05, 4.69) is 19.6 Å². The summed E-state index contributed by atoms with van der Waals surface area (Å²) in [6, 6.07) is 7.35. The average Bonchev–Trinajstić information content (AvgIpc) is 3.10. The van der Waals surface area contributed by atoms with Crippen LogP contribution in [0.5, 0.6) is 0 Å². The van der Waals surface area contributed by atoms with E-state index in [0.717, 1.165) is 12.3 Å².